The lowest BCUT2D eigenvalue weighted by Crippen LogP contribution is -2.38. The number of rotatable bonds is 6. The summed E-state index contributed by atoms with van der Waals surface area (Å²) in [6, 6.07) is 25.7. The number of benzene rings is 3. The van der Waals surface area contributed by atoms with Gasteiger partial charge in [-0.2, -0.15) is 0 Å². The number of ether oxygens (including phenoxy) is 1. The summed E-state index contributed by atoms with van der Waals surface area (Å²) in [5.41, 5.74) is 1.24. The van der Waals surface area contributed by atoms with Crippen LogP contribution in [0.1, 0.15) is 42.0 Å². The van der Waals surface area contributed by atoms with Gasteiger partial charge >= 0.3 is 5.97 Å². The van der Waals surface area contributed by atoms with Crippen LogP contribution >= 0.6 is 0 Å². The molecule has 0 unspecified atom stereocenters. The van der Waals surface area contributed by atoms with E-state index in [1.807, 2.05) is 36.4 Å². The SMILES string of the molecule is CC(C)c1ccc(COC(=O)C(O)(c2ccccc2)c2ccccc2)cc1. The molecule has 0 aliphatic heterocycles. The van der Waals surface area contributed by atoms with Crippen LogP contribution in [0.5, 0.6) is 0 Å². The number of carbonyl (C=O) groups is 1. The highest BCUT2D eigenvalue weighted by Crippen LogP contribution is 2.31. The molecule has 3 rings (SSSR count). The molecular formula is C24H24O3. The van der Waals surface area contributed by atoms with Gasteiger partial charge in [-0.3, -0.25) is 0 Å². The first kappa shape index (κ1) is 18.9. The topological polar surface area (TPSA) is 46.5 Å². The molecule has 0 heterocycles. The van der Waals surface area contributed by atoms with Crippen LogP contribution in [0.25, 0.3) is 0 Å². The average molecular weight is 360 g/mol. The zero-order valence-electron chi connectivity index (χ0n) is 15.6. The molecule has 3 nitrogen and oxygen atoms in total. The van der Waals surface area contributed by atoms with E-state index in [1.54, 1.807) is 48.5 Å². The Morgan fingerprint density at radius 1 is 0.852 bits per heavy atom. The summed E-state index contributed by atoms with van der Waals surface area (Å²) in [4.78, 5) is 12.9. The van der Waals surface area contributed by atoms with Crippen molar-refractivity contribution in [2.45, 2.75) is 32.0 Å². The third-order valence-corrected chi connectivity index (χ3v) is 4.69. The van der Waals surface area contributed by atoms with Gasteiger partial charge < -0.3 is 9.84 Å². The fourth-order valence-corrected chi connectivity index (χ4v) is 3.01. The summed E-state index contributed by atoms with van der Waals surface area (Å²) in [7, 11) is 0. The molecule has 3 aromatic rings. The fourth-order valence-electron chi connectivity index (χ4n) is 3.01. The van der Waals surface area contributed by atoms with Gasteiger partial charge in [-0.25, -0.2) is 4.79 Å². The standard InChI is InChI=1S/C24H24O3/c1-18(2)20-15-13-19(14-16-20)17-27-23(25)24(26,21-9-5-3-6-10-21)22-11-7-4-8-12-22/h3-16,18,26H,17H2,1-2H3. The minimum Gasteiger partial charge on any atom is -0.458 e. The van der Waals surface area contributed by atoms with Gasteiger partial charge in [0.1, 0.15) is 6.61 Å². The summed E-state index contributed by atoms with van der Waals surface area (Å²) in [6.07, 6.45) is 0. The number of carbonyl (C=O) groups excluding carboxylic acids is 1. The maximum absolute atomic E-state index is 12.9. The summed E-state index contributed by atoms with van der Waals surface area (Å²) >= 11 is 0. The van der Waals surface area contributed by atoms with Gasteiger partial charge in [0.2, 0.25) is 5.60 Å². The summed E-state index contributed by atoms with van der Waals surface area (Å²) in [5.74, 6) is -0.240. The first-order valence-corrected chi connectivity index (χ1v) is 9.11. The Balaban J connectivity index is 1.84. The Labute approximate surface area is 160 Å². The molecule has 0 bridgehead atoms. The third kappa shape index (κ3) is 4.09. The lowest BCUT2D eigenvalue weighted by atomic mass is 9.86. The van der Waals surface area contributed by atoms with E-state index in [9.17, 15) is 9.90 Å². The van der Waals surface area contributed by atoms with E-state index in [0.29, 0.717) is 17.0 Å². The second-order valence-electron chi connectivity index (χ2n) is 6.91. The van der Waals surface area contributed by atoms with Gasteiger partial charge in [-0.15, -0.1) is 0 Å². The molecule has 0 radical (unpaired) electrons. The highest BCUT2D eigenvalue weighted by Gasteiger charge is 2.41. The van der Waals surface area contributed by atoms with Crippen molar-refractivity contribution in [2.24, 2.45) is 0 Å². The van der Waals surface area contributed by atoms with Crippen LogP contribution in [0.4, 0.5) is 0 Å². The van der Waals surface area contributed by atoms with Crippen molar-refractivity contribution in [1.82, 2.24) is 0 Å². The maximum atomic E-state index is 12.9. The molecule has 0 aliphatic carbocycles. The second-order valence-corrected chi connectivity index (χ2v) is 6.91. The summed E-state index contributed by atoms with van der Waals surface area (Å²) in [5, 5.41) is 11.3. The van der Waals surface area contributed by atoms with Crippen LogP contribution in [-0.4, -0.2) is 11.1 Å². The van der Waals surface area contributed by atoms with Crippen LogP contribution in [0.2, 0.25) is 0 Å². The Morgan fingerprint density at radius 3 is 1.78 bits per heavy atom. The smallest absolute Gasteiger partial charge is 0.348 e. The van der Waals surface area contributed by atoms with Gasteiger partial charge in [0.05, 0.1) is 0 Å². The van der Waals surface area contributed by atoms with Crippen LogP contribution in [-0.2, 0) is 21.7 Å². The van der Waals surface area contributed by atoms with E-state index in [1.165, 1.54) is 5.56 Å². The molecule has 0 aromatic heterocycles. The molecule has 27 heavy (non-hydrogen) atoms. The molecule has 0 atom stereocenters. The molecule has 0 amide bonds. The van der Waals surface area contributed by atoms with Crippen molar-refractivity contribution in [3.8, 4) is 0 Å². The molecule has 0 spiro atoms. The minimum atomic E-state index is -1.85. The van der Waals surface area contributed by atoms with E-state index >= 15 is 0 Å². The van der Waals surface area contributed by atoms with E-state index in [4.69, 9.17) is 4.74 Å². The lowest BCUT2D eigenvalue weighted by Gasteiger charge is -2.27. The molecule has 3 aromatic carbocycles. The van der Waals surface area contributed by atoms with E-state index in [2.05, 4.69) is 13.8 Å². The molecule has 0 saturated carbocycles. The first-order chi connectivity index (χ1) is 13.0. The van der Waals surface area contributed by atoms with Crippen LogP contribution < -0.4 is 0 Å². The van der Waals surface area contributed by atoms with Crippen LogP contribution in [0.15, 0.2) is 84.9 Å². The Bertz CT molecular complexity index is 829. The fraction of sp³-hybridized carbons (Fsp3) is 0.208. The Kier molecular flexibility index (Phi) is 5.72. The molecule has 0 aliphatic rings. The summed E-state index contributed by atoms with van der Waals surface area (Å²) < 4.78 is 5.51. The highest BCUT2D eigenvalue weighted by atomic mass is 16.5. The quantitative estimate of drug-likeness (QED) is 0.643. The zero-order valence-corrected chi connectivity index (χ0v) is 15.6. The van der Waals surface area contributed by atoms with Crippen LogP contribution in [0, 0.1) is 0 Å². The van der Waals surface area contributed by atoms with Gasteiger partial charge in [0, 0.05) is 0 Å². The molecule has 0 fully saturated rings. The molecular weight excluding hydrogens is 336 g/mol. The number of esters is 1. The predicted octanol–water partition coefficient (Wildman–Crippen LogP) is 4.79. The van der Waals surface area contributed by atoms with Crippen LogP contribution in [0.3, 0.4) is 0 Å². The lowest BCUT2D eigenvalue weighted by molar-refractivity contribution is -0.163. The van der Waals surface area contributed by atoms with Gasteiger partial charge in [0.15, 0.2) is 0 Å². The zero-order chi connectivity index (χ0) is 19.3. The van der Waals surface area contributed by atoms with Crippen molar-refractivity contribution in [1.29, 1.82) is 0 Å². The molecule has 0 saturated heterocycles. The highest BCUT2D eigenvalue weighted by molar-refractivity contribution is 5.85. The minimum absolute atomic E-state index is 0.110. The van der Waals surface area contributed by atoms with Gasteiger partial charge in [0.25, 0.3) is 0 Å². The largest absolute Gasteiger partial charge is 0.458 e. The number of aliphatic hydroxyl groups is 1. The Hall–Kier alpha value is -2.91. The third-order valence-electron chi connectivity index (χ3n) is 4.69. The average Bonchev–Trinajstić information content (AvgIpc) is 2.73. The number of hydrogen-bond acceptors (Lipinski definition) is 3. The van der Waals surface area contributed by atoms with E-state index < -0.39 is 11.6 Å². The van der Waals surface area contributed by atoms with Gasteiger partial charge in [-0.05, 0) is 28.2 Å². The number of hydrogen-bond donors (Lipinski definition) is 1. The van der Waals surface area contributed by atoms with Crippen molar-refractivity contribution in [3.63, 3.8) is 0 Å². The van der Waals surface area contributed by atoms with Gasteiger partial charge in [-0.1, -0.05) is 98.8 Å². The molecule has 138 valence electrons. The van der Waals surface area contributed by atoms with E-state index in [0.717, 1.165) is 5.56 Å². The predicted molar refractivity (Wildman–Crippen MR) is 106 cm³/mol. The monoisotopic (exact) mass is 360 g/mol. The van der Waals surface area contributed by atoms with Crippen molar-refractivity contribution < 1.29 is 14.6 Å². The Morgan fingerprint density at radius 2 is 1.33 bits per heavy atom. The normalized spacial score (nSPS) is 11.4. The van der Waals surface area contributed by atoms with Crippen molar-refractivity contribution in [3.05, 3.63) is 107 Å². The van der Waals surface area contributed by atoms with Crippen molar-refractivity contribution >= 4 is 5.97 Å². The molecule has 3 heteroatoms. The maximum Gasteiger partial charge on any atom is 0.348 e. The van der Waals surface area contributed by atoms with E-state index in [-0.39, 0.29) is 6.61 Å². The van der Waals surface area contributed by atoms with Crippen molar-refractivity contribution in [2.75, 3.05) is 0 Å². The second kappa shape index (κ2) is 8.19. The molecule has 1 N–H and O–H groups in total. The first-order valence-electron chi connectivity index (χ1n) is 9.11. The summed E-state index contributed by atoms with van der Waals surface area (Å²) in [6.45, 7) is 4.38.